The van der Waals surface area contributed by atoms with E-state index in [-0.39, 0.29) is 5.97 Å². The molecular formula is C16H26N2O2. The summed E-state index contributed by atoms with van der Waals surface area (Å²) in [5, 5.41) is 0. The van der Waals surface area contributed by atoms with E-state index < -0.39 is 0 Å². The molecule has 0 saturated heterocycles. The Labute approximate surface area is 122 Å². The lowest BCUT2D eigenvalue weighted by Gasteiger charge is -2.21. The van der Waals surface area contributed by atoms with Gasteiger partial charge in [-0.3, -0.25) is 4.90 Å². The van der Waals surface area contributed by atoms with E-state index in [0.29, 0.717) is 5.56 Å². The SMILES string of the molecule is CCN(CCCN(C)C)Cc1ccc(C(=O)OC)cc1. The summed E-state index contributed by atoms with van der Waals surface area (Å²) in [6, 6.07) is 7.66. The molecule has 0 radical (unpaired) electrons. The number of ether oxygens (including phenoxy) is 1. The molecule has 0 unspecified atom stereocenters. The fourth-order valence-electron chi connectivity index (χ4n) is 2.08. The second-order valence-corrected chi connectivity index (χ2v) is 5.21. The number of esters is 1. The number of benzene rings is 1. The largest absolute Gasteiger partial charge is 0.465 e. The topological polar surface area (TPSA) is 32.8 Å². The van der Waals surface area contributed by atoms with Gasteiger partial charge in [-0.1, -0.05) is 19.1 Å². The number of carbonyl (C=O) groups excluding carboxylic acids is 1. The van der Waals surface area contributed by atoms with Crippen molar-refractivity contribution in [1.82, 2.24) is 9.80 Å². The number of hydrogen-bond donors (Lipinski definition) is 0. The van der Waals surface area contributed by atoms with Crippen LogP contribution in [0.2, 0.25) is 0 Å². The molecule has 0 aliphatic rings. The molecule has 0 aliphatic heterocycles. The lowest BCUT2D eigenvalue weighted by atomic mass is 10.1. The van der Waals surface area contributed by atoms with Crippen molar-refractivity contribution >= 4 is 5.97 Å². The number of rotatable bonds is 8. The number of nitrogens with zero attached hydrogens (tertiary/aromatic N) is 2. The van der Waals surface area contributed by atoms with E-state index in [9.17, 15) is 4.79 Å². The lowest BCUT2D eigenvalue weighted by molar-refractivity contribution is 0.0600. The molecule has 4 heteroatoms. The third kappa shape index (κ3) is 5.72. The first-order chi connectivity index (χ1) is 9.56. The van der Waals surface area contributed by atoms with Crippen LogP contribution in [0.25, 0.3) is 0 Å². The molecule has 4 nitrogen and oxygen atoms in total. The molecule has 0 saturated carbocycles. The summed E-state index contributed by atoms with van der Waals surface area (Å²) in [6.07, 6.45) is 1.17. The van der Waals surface area contributed by atoms with Crippen LogP contribution in [0.15, 0.2) is 24.3 Å². The Balaban J connectivity index is 2.50. The monoisotopic (exact) mass is 278 g/mol. The van der Waals surface area contributed by atoms with Crippen molar-refractivity contribution in [1.29, 1.82) is 0 Å². The highest BCUT2D eigenvalue weighted by atomic mass is 16.5. The second kappa shape index (κ2) is 8.72. The molecule has 0 fully saturated rings. The summed E-state index contributed by atoms with van der Waals surface area (Å²) in [7, 11) is 5.60. The smallest absolute Gasteiger partial charge is 0.337 e. The molecule has 1 aromatic rings. The molecular weight excluding hydrogens is 252 g/mol. The van der Waals surface area contributed by atoms with Crippen LogP contribution in [0.3, 0.4) is 0 Å². The highest BCUT2D eigenvalue weighted by Crippen LogP contribution is 2.09. The van der Waals surface area contributed by atoms with E-state index in [2.05, 4.69) is 30.8 Å². The molecule has 0 spiro atoms. The van der Waals surface area contributed by atoms with Gasteiger partial charge in [0.05, 0.1) is 12.7 Å². The van der Waals surface area contributed by atoms with Gasteiger partial charge in [0.25, 0.3) is 0 Å². The van der Waals surface area contributed by atoms with Crippen LogP contribution in [0.4, 0.5) is 0 Å². The second-order valence-electron chi connectivity index (χ2n) is 5.21. The first-order valence-electron chi connectivity index (χ1n) is 7.11. The summed E-state index contributed by atoms with van der Waals surface area (Å²) < 4.78 is 4.70. The van der Waals surface area contributed by atoms with Gasteiger partial charge in [-0.25, -0.2) is 4.79 Å². The summed E-state index contributed by atoms with van der Waals surface area (Å²) in [4.78, 5) is 16.0. The predicted molar refractivity (Wildman–Crippen MR) is 81.9 cm³/mol. The van der Waals surface area contributed by atoms with Crippen LogP contribution in [-0.2, 0) is 11.3 Å². The molecule has 0 N–H and O–H groups in total. The quantitative estimate of drug-likeness (QED) is 0.683. The zero-order chi connectivity index (χ0) is 15.0. The molecule has 0 aliphatic carbocycles. The average molecular weight is 278 g/mol. The third-order valence-corrected chi connectivity index (χ3v) is 3.31. The van der Waals surface area contributed by atoms with E-state index in [1.54, 1.807) is 0 Å². The molecule has 20 heavy (non-hydrogen) atoms. The van der Waals surface area contributed by atoms with Gasteiger partial charge in [-0.15, -0.1) is 0 Å². The van der Waals surface area contributed by atoms with Gasteiger partial charge in [-0.2, -0.15) is 0 Å². The Morgan fingerprint density at radius 2 is 1.80 bits per heavy atom. The minimum absolute atomic E-state index is 0.283. The summed E-state index contributed by atoms with van der Waals surface area (Å²) in [5.74, 6) is -0.283. The van der Waals surface area contributed by atoms with Gasteiger partial charge in [-0.05, 0) is 57.8 Å². The van der Waals surface area contributed by atoms with Crippen molar-refractivity contribution in [2.45, 2.75) is 19.9 Å². The van der Waals surface area contributed by atoms with Crippen molar-refractivity contribution in [2.75, 3.05) is 40.8 Å². The average Bonchev–Trinajstić information content (AvgIpc) is 2.45. The molecule has 1 aromatic carbocycles. The minimum Gasteiger partial charge on any atom is -0.465 e. The predicted octanol–water partition coefficient (Wildman–Crippen LogP) is 2.25. The Hall–Kier alpha value is -1.39. The molecule has 0 heterocycles. The molecule has 0 amide bonds. The maximum atomic E-state index is 11.4. The Morgan fingerprint density at radius 1 is 1.15 bits per heavy atom. The van der Waals surface area contributed by atoms with Crippen molar-refractivity contribution in [3.63, 3.8) is 0 Å². The maximum Gasteiger partial charge on any atom is 0.337 e. The summed E-state index contributed by atoms with van der Waals surface area (Å²) in [6.45, 7) is 6.33. The third-order valence-electron chi connectivity index (χ3n) is 3.31. The van der Waals surface area contributed by atoms with Gasteiger partial charge in [0.2, 0.25) is 0 Å². The van der Waals surface area contributed by atoms with E-state index in [0.717, 1.165) is 26.2 Å². The first-order valence-corrected chi connectivity index (χ1v) is 7.11. The van der Waals surface area contributed by atoms with Crippen LogP contribution in [0.5, 0.6) is 0 Å². The molecule has 0 atom stereocenters. The van der Waals surface area contributed by atoms with Crippen LogP contribution >= 0.6 is 0 Å². The van der Waals surface area contributed by atoms with Crippen LogP contribution in [-0.4, -0.2) is 56.6 Å². The zero-order valence-corrected chi connectivity index (χ0v) is 13.1. The molecule has 112 valence electrons. The standard InChI is InChI=1S/C16H26N2O2/c1-5-18(12-6-11-17(2)3)13-14-7-9-15(10-8-14)16(19)20-4/h7-10H,5-6,11-13H2,1-4H3. The van der Waals surface area contributed by atoms with E-state index in [1.165, 1.54) is 19.1 Å². The molecule has 1 rings (SSSR count). The Morgan fingerprint density at radius 3 is 2.30 bits per heavy atom. The molecule has 0 aromatic heterocycles. The van der Waals surface area contributed by atoms with Crippen molar-refractivity contribution < 1.29 is 9.53 Å². The first kappa shape index (κ1) is 16.7. The summed E-state index contributed by atoms with van der Waals surface area (Å²) in [5.41, 5.74) is 1.83. The van der Waals surface area contributed by atoms with E-state index in [4.69, 9.17) is 4.74 Å². The fraction of sp³-hybridized carbons (Fsp3) is 0.562. The number of hydrogen-bond acceptors (Lipinski definition) is 4. The highest BCUT2D eigenvalue weighted by Gasteiger charge is 2.07. The summed E-state index contributed by atoms with van der Waals surface area (Å²) >= 11 is 0. The van der Waals surface area contributed by atoms with Crippen molar-refractivity contribution in [3.8, 4) is 0 Å². The van der Waals surface area contributed by atoms with Crippen LogP contribution < -0.4 is 0 Å². The Bertz CT molecular complexity index is 401. The normalized spacial score (nSPS) is 11.1. The number of methoxy groups -OCH3 is 1. The van der Waals surface area contributed by atoms with Crippen molar-refractivity contribution in [3.05, 3.63) is 35.4 Å². The van der Waals surface area contributed by atoms with Crippen molar-refractivity contribution in [2.24, 2.45) is 0 Å². The van der Waals surface area contributed by atoms with Gasteiger partial charge >= 0.3 is 5.97 Å². The maximum absolute atomic E-state index is 11.4. The minimum atomic E-state index is -0.283. The van der Waals surface area contributed by atoms with Crippen LogP contribution in [0.1, 0.15) is 29.3 Å². The van der Waals surface area contributed by atoms with Gasteiger partial charge in [0.1, 0.15) is 0 Å². The van der Waals surface area contributed by atoms with Gasteiger partial charge < -0.3 is 9.64 Å². The van der Waals surface area contributed by atoms with Crippen LogP contribution in [0, 0.1) is 0 Å². The molecule has 0 bridgehead atoms. The Kier molecular flexibility index (Phi) is 7.26. The fourth-order valence-corrected chi connectivity index (χ4v) is 2.08. The van der Waals surface area contributed by atoms with Gasteiger partial charge in [0, 0.05) is 6.54 Å². The lowest BCUT2D eigenvalue weighted by Crippen LogP contribution is -2.26. The zero-order valence-electron chi connectivity index (χ0n) is 13.1. The van der Waals surface area contributed by atoms with Gasteiger partial charge in [0.15, 0.2) is 0 Å². The highest BCUT2D eigenvalue weighted by molar-refractivity contribution is 5.89. The number of carbonyl (C=O) groups is 1. The van der Waals surface area contributed by atoms with E-state index in [1.807, 2.05) is 24.3 Å². The van der Waals surface area contributed by atoms with E-state index >= 15 is 0 Å².